The number of benzene rings is 1. The molecule has 108 valence electrons. The first-order chi connectivity index (χ1) is 8.64. The summed E-state index contributed by atoms with van der Waals surface area (Å²) in [6.45, 7) is 2.03. The van der Waals surface area contributed by atoms with Crippen molar-refractivity contribution in [2.75, 3.05) is 22.5 Å². The molecule has 0 saturated carbocycles. The lowest BCUT2D eigenvalue weighted by atomic mass is 10.1. The Kier molecular flexibility index (Phi) is 4.94. The first-order valence-electron chi connectivity index (χ1n) is 5.61. The monoisotopic (exact) mass is 306 g/mol. The summed E-state index contributed by atoms with van der Waals surface area (Å²) in [6.07, 6.45) is 1.00. The van der Waals surface area contributed by atoms with Gasteiger partial charge in [0.1, 0.15) is 9.84 Å². The van der Waals surface area contributed by atoms with E-state index in [9.17, 15) is 16.8 Å². The van der Waals surface area contributed by atoms with Crippen LogP contribution in [0.5, 0.6) is 0 Å². The summed E-state index contributed by atoms with van der Waals surface area (Å²) in [5.74, 6) is -0.879. The van der Waals surface area contributed by atoms with Crippen LogP contribution < -0.4 is 10.5 Å². The second-order valence-electron chi connectivity index (χ2n) is 4.36. The third-order valence-electron chi connectivity index (χ3n) is 2.60. The van der Waals surface area contributed by atoms with Crippen LogP contribution >= 0.6 is 0 Å². The van der Waals surface area contributed by atoms with Crippen molar-refractivity contribution in [2.45, 2.75) is 13.5 Å². The Labute approximate surface area is 114 Å². The van der Waals surface area contributed by atoms with Crippen LogP contribution in [-0.2, 0) is 26.4 Å². The predicted octanol–water partition coefficient (Wildman–Crippen LogP) is 0.240. The molecule has 19 heavy (non-hydrogen) atoms. The second-order valence-corrected chi connectivity index (χ2v) is 8.46. The number of hydrogen-bond acceptors (Lipinski definition) is 5. The largest absolute Gasteiger partial charge is 0.326 e. The topological polar surface area (TPSA) is 106 Å². The van der Waals surface area contributed by atoms with Gasteiger partial charge >= 0.3 is 0 Å². The summed E-state index contributed by atoms with van der Waals surface area (Å²) in [5, 5.41) is 0. The van der Waals surface area contributed by atoms with E-state index in [4.69, 9.17) is 5.73 Å². The molecule has 0 aliphatic rings. The molecule has 0 aliphatic carbocycles. The Morgan fingerprint density at radius 3 is 2.32 bits per heavy atom. The summed E-state index contributed by atoms with van der Waals surface area (Å²) < 4.78 is 48.0. The molecule has 0 aliphatic heterocycles. The molecule has 0 aromatic heterocycles. The number of hydrogen-bond donors (Lipinski definition) is 2. The van der Waals surface area contributed by atoms with Gasteiger partial charge in [0, 0.05) is 12.8 Å². The summed E-state index contributed by atoms with van der Waals surface area (Å²) in [4.78, 5) is 0. The van der Waals surface area contributed by atoms with Crippen molar-refractivity contribution in [3.8, 4) is 0 Å². The van der Waals surface area contributed by atoms with Crippen LogP contribution in [0.1, 0.15) is 11.1 Å². The Balaban J connectivity index is 2.93. The molecule has 0 spiro atoms. The number of sulfonamides is 1. The Bertz CT molecular complexity index is 651. The maximum atomic E-state index is 11.8. The molecular weight excluding hydrogens is 288 g/mol. The van der Waals surface area contributed by atoms with E-state index in [2.05, 4.69) is 4.72 Å². The van der Waals surface area contributed by atoms with Gasteiger partial charge in [0.25, 0.3) is 0 Å². The zero-order chi connectivity index (χ0) is 14.7. The number of rotatable bonds is 6. The van der Waals surface area contributed by atoms with Crippen LogP contribution in [0.3, 0.4) is 0 Å². The quantitative estimate of drug-likeness (QED) is 0.783. The number of aryl methyl sites for hydroxylation is 1. The van der Waals surface area contributed by atoms with E-state index in [1.165, 1.54) is 0 Å². The smallest absolute Gasteiger partial charge is 0.233 e. The van der Waals surface area contributed by atoms with E-state index >= 15 is 0 Å². The van der Waals surface area contributed by atoms with Crippen LogP contribution in [0.2, 0.25) is 0 Å². The number of anilines is 1. The van der Waals surface area contributed by atoms with Crippen LogP contribution in [0.25, 0.3) is 0 Å². The molecule has 0 atom stereocenters. The normalized spacial score (nSPS) is 12.4. The van der Waals surface area contributed by atoms with E-state index in [1.54, 1.807) is 12.1 Å². The van der Waals surface area contributed by atoms with Crippen molar-refractivity contribution >= 4 is 25.5 Å². The lowest BCUT2D eigenvalue weighted by Crippen LogP contribution is -2.23. The highest BCUT2D eigenvalue weighted by molar-refractivity contribution is 7.95. The molecule has 0 bridgehead atoms. The van der Waals surface area contributed by atoms with Crippen molar-refractivity contribution in [3.63, 3.8) is 0 Å². The zero-order valence-electron chi connectivity index (χ0n) is 10.9. The molecule has 0 heterocycles. The van der Waals surface area contributed by atoms with Gasteiger partial charge in [-0.1, -0.05) is 12.1 Å². The fourth-order valence-electron chi connectivity index (χ4n) is 1.55. The van der Waals surface area contributed by atoms with E-state index < -0.39 is 31.4 Å². The van der Waals surface area contributed by atoms with Gasteiger partial charge < -0.3 is 5.73 Å². The Hall–Kier alpha value is -1.12. The second kappa shape index (κ2) is 5.89. The molecule has 6 nitrogen and oxygen atoms in total. The maximum absolute atomic E-state index is 11.8. The average molecular weight is 306 g/mol. The third kappa shape index (κ3) is 5.17. The molecule has 3 N–H and O–H groups in total. The van der Waals surface area contributed by atoms with Crippen LogP contribution in [0.4, 0.5) is 5.69 Å². The summed E-state index contributed by atoms with van der Waals surface area (Å²) in [5.41, 5.74) is 7.56. The number of nitrogens with one attached hydrogen (secondary N) is 1. The van der Waals surface area contributed by atoms with Gasteiger partial charge in [0.05, 0.1) is 17.2 Å². The van der Waals surface area contributed by atoms with Crippen molar-refractivity contribution in [2.24, 2.45) is 5.73 Å². The summed E-state index contributed by atoms with van der Waals surface area (Å²) >= 11 is 0. The molecule has 1 aromatic rings. The average Bonchev–Trinajstić information content (AvgIpc) is 2.26. The minimum absolute atomic E-state index is 0.205. The van der Waals surface area contributed by atoms with Crippen LogP contribution in [0.15, 0.2) is 18.2 Å². The highest BCUT2D eigenvalue weighted by Gasteiger charge is 2.16. The Morgan fingerprint density at radius 2 is 1.79 bits per heavy atom. The van der Waals surface area contributed by atoms with E-state index in [0.29, 0.717) is 11.3 Å². The molecule has 8 heteroatoms. The standard InChI is InChI=1S/C11H18N2O4S2/c1-9-4-3-5-11(10(9)8-12)13-19(16,17)7-6-18(2,14)15/h3-5,13H,6-8,12H2,1-2H3. The number of nitrogens with two attached hydrogens (primary N) is 1. The predicted molar refractivity (Wildman–Crippen MR) is 76.2 cm³/mol. The van der Waals surface area contributed by atoms with Gasteiger partial charge in [-0.25, -0.2) is 16.8 Å². The fraction of sp³-hybridized carbons (Fsp3) is 0.455. The zero-order valence-corrected chi connectivity index (χ0v) is 12.5. The Morgan fingerprint density at radius 1 is 1.16 bits per heavy atom. The highest BCUT2D eigenvalue weighted by atomic mass is 32.2. The molecule has 1 aromatic carbocycles. The fourth-order valence-corrected chi connectivity index (χ4v) is 4.27. The lowest BCUT2D eigenvalue weighted by molar-refractivity contribution is 0.593. The minimum Gasteiger partial charge on any atom is -0.326 e. The molecule has 0 amide bonds. The summed E-state index contributed by atoms with van der Waals surface area (Å²) in [6, 6.07) is 5.15. The maximum Gasteiger partial charge on any atom is 0.233 e. The van der Waals surface area contributed by atoms with E-state index in [0.717, 1.165) is 11.8 Å². The van der Waals surface area contributed by atoms with Gasteiger partial charge in [-0.3, -0.25) is 4.72 Å². The van der Waals surface area contributed by atoms with E-state index in [1.807, 2.05) is 13.0 Å². The van der Waals surface area contributed by atoms with Crippen molar-refractivity contribution in [1.29, 1.82) is 0 Å². The van der Waals surface area contributed by atoms with Crippen LogP contribution in [-0.4, -0.2) is 34.6 Å². The first kappa shape index (κ1) is 15.9. The molecule has 0 fully saturated rings. The number of sulfone groups is 1. The highest BCUT2D eigenvalue weighted by Crippen LogP contribution is 2.20. The third-order valence-corrected chi connectivity index (χ3v) is 5.08. The molecular formula is C11H18N2O4S2. The van der Waals surface area contributed by atoms with Gasteiger partial charge in [0.2, 0.25) is 10.0 Å². The van der Waals surface area contributed by atoms with Gasteiger partial charge in [0.15, 0.2) is 0 Å². The van der Waals surface area contributed by atoms with Gasteiger partial charge in [-0.05, 0) is 24.1 Å². The molecule has 0 unspecified atom stereocenters. The van der Waals surface area contributed by atoms with Crippen molar-refractivity contribution < 1.29 is 16.8 Å². The first-order valence-corrected chi connectivity index (χ1v) is 9.32. The minimum atomic E-state index is -3.70. The molecule has 1 rings (SSSR count). The molecule has 0 radical (unpaired) electrons. The van der Waals surface area contributed by atoms with Gasteiger partial charge in [-0.2, -0.15) is 0 Å². The lowest BCUT2D eigenvalue weighted by Gasteiger charge is -2.13. The van der Waals surface area contributed by atoms with Crippen molar-refractivity contribution in [1.82, 2.24) is 0 Å². The molecule has 0 saturated heterocycles. The summed E-state index contributed by atoms with van der Waals surface area (Å²) in [7, 11) is -7.02. The van der Waals surface area contributed by atoms with Crippen LogP contribution in [0, 0.1) is 6.92 Å². The van der Waals surface area contributed by atoms with Crippen molar-refractivity contribution in [3.05, 3.63) is 29.3 Å². The SMILES string of the molecule is Cc1cccc(NS(=O)(=O)CCS(C)(=O)=O)c1CN. The van der Waals surface area contributed by atoms with Gasteiger partial charge in [-0.15, -0.1) is 0 Å². The van der Waals surface area contributed by atoms with E-state index in [-0.39, 0.29) is 6.54 Å².